The van der Waals surface area contributed by atoms with Crippen LogP contribution < -0.4 is 10.9 Å². The van der Waals surface area contributed by atoms with Crippen LogP contribution in [0.4, 0.5) is 0 Å². The molecule has 0 bridgehead atoms. The zero-order valence-electron chi connectivity index (χ0n) is 15.2. The summed E-state index contributed by atoms with van der Waals surface area (Å²) in [5.41, 5.74) is 0.643. The molecule has 0 unspecified atom stereocenters. The van der Waals surface area contributed by atoms with Gasteiger partial charge in [0.25, 0.3) is 5.56 Å². The Labute approximate surface area is 160 Å². The van der Waals surface area contributed by atoms with E-state index in [1.807, 2.05) is 13.8 Å². The number of hydrogen-bond acceptors (Lipinski definition) is 6. The lowest BCUT2D eigenvalue weighted by atomic mass is 10.2. The van der Waals surface area contributed by atoms with Crippen molar-refractivity contribution in [2.24, 2.45) is 0 Å². The van der Waals surface area contributed by atoms with Crippen LogP contribution in [0, 0.1) is 4.77 Å². The highest BCUT2D eigenvalue weighted by Crippen LogP contribution is 2.14. The summed E-state index contributed by atoms with van der Waals surface area (Å²) in [6.45, 7) is 4.70. The molecule has 1 atom stereocenters. The summed E-state index contributed by atoms with van der Waals surface area (Å²) >= 11 is 5.26. The third-order valence-corrected chi connectivity index (χ3v) is 4.63. The van der Waals surface area contributed by atoms with Gasteiger partial charge in [-0.3, -0.25) is 14.6 Å². The molecule has 0 aliphatic carbocycles. The number of nitrogens with zero attached hydrogens (tertiary/aromatic N) is 2. The first kappa shape index (κ1) is 19.3. The van der Waals surface area contributed by atoms with Crippen molar-refractivity contribution in [1.82, 2.24) is 19.4 Å². The Kier molecular flexibility index (Phi) is 5.76. The topological polar surface area (TPSA) is 107 Å². The van der Waals surface area contributed by atoms with Gasteiger partial charge in [-0.25, -0.2) is 4.79 Å². The van der Waals surface area contributed by atoms with Crippen LogP contribution in [0.1, 0.15) is 26.7 Å². The monoisotopic (exact) mass is 394 g/mol. The van der Waals surface area contributed by atoms with E-state index < -0.39 is 12.0 Å². The maximum Gasteiger partial charge on any atom is 0.330 e. The molecule has 10 heteroatoms. The number of hydrogen-bond donors (Lipinski definition) is 2. The van der Waals surface area contributed by atoms with Gasteiger partial charge in [-0.2, -0.15) is 0 Å². The predicted octanol–water partition coefficient (Wildman–Crippen LogP) is 1.06. The normalized spacial score (nSPS) is 16.9. The number of carbonyl (C=O) groups is 2. The molecular formula is C17H22N4O5S. The molecule has 0 radical (unpaired) electrons. The van der Waals surface area contributed by atoms with Crippen molar-refractivity contribution in [3.05, 3.63) is 27.4 Å². The Morgan fingerprint density at radius 1 is 1.41 bits per heavy atom. The number of carbonyl (C=O) groups excluding carboxylic acids is 2. The highest BCUT2D eigenvalue weighted by molar-refractivity contribution is 7.71. The molecule has 146 valence electrons. The molecule has 0 saturated carbocycles. The van der Waals surface area contributed by atoms with E-state index in [2.05, 4.69) is 10.3 Å². The average molecular weight is 394 g/mol. The fourth-order valence-corrected chi connectivity index (χ4v) is 3.28. The van der Waals surface area contributed by atoms with Gasteiger partial charge in [0.1, 0.15) is 11.6 Å². The lowest BCUT2D eigenvalue weighted by molar-refractivity contribution is -0.150. The van der Waals surface area contributed by atoms with E-state index in [4.69, 9.17) is 21.7 Å². The summed E-state index contributed by atoms with van der Waals surface area (Å²) in [7, 11) is 0. The maximum absolute atomic E-state index is 12.4. The van der Waals surface area contributed by atoms with Crippen LogP contribution in [0.15, 0.2) is 17.1 Å². The molecule has 1 amide bonds. The average Bonchev–Trinajstić information content (AvgIpc) is 3.22. The minimum absolute atomic E-state index is 0.0949. The number of fused-ring (bicyclic) bond motifs is 1. The van der Waals surface area contributed by atoms with E-state index in [1.54, 1.807) is 16.8 Å². The third kappa shape index (κ3) is 4.28. The van der Waals surface area contributed by atoms with Gasteiger partial charge in [-0.15, -0.1) is 0 Å². The summed E-state index contributed by atoms with van der Waals surface area (Å²) < 4.78 is 14.5. The number of aromatic nitrogens is 3. The van der Waals surface area contributed by atoms with Crippen molar-refractivity contribution >= 4 is 35.1 Å². The molecule has 1 fully saturated rings. The third-order valence-electron chi connectivity index (χ3n) is 4.31. The molecule has 2 N–H and O–H groups in total. The minimum atomic E-state index is -0.630. The highest BCUT2D eigenvalue weighted by atomic mass is 32.1. The van der Waals surface area contributed by atoms with Crippen LogP contribution in [-0.2, 0) is 32.3 Å². The minimum Gasteiger partial charge on any atom is -0.442 e. The van der Waals surface area contributed by atoms with Crippen LogP contribution in [0.25, 0.3) is 11.0 Å². The Morgan fingerprint density at radius 2 is 2.19 bits per heavy atom. The van der Waals surface area contributed by atoms with Crippen LogP contribution in [-0.4, -0.2) is 44.7 Å². The van der Waals surface area contributed by atoms with Gasteiger partial charge in [0.15, 0.2) is 11.5 Å². The van der Waals surface area contributed by atoms with E-state index in [0.717, 1.165) is 0 Å². The summed E-state index contributed by atoms with van der Waals surface area (Å²) in [5.74, 6) is -0.681. The Morgan fingerprint density at radius 3 is 2.85 bits per heavy atom. The summed E-state index contributed by atoms with van der Waals surface area (Å²) in [6, 6.07) is 1.12. The summed E-state index contributed by atoms with van der Waals surface area (Å²) in [6.07, 6.45) is 2.48. The molecule has 2 aromatic heterocycles. The Hall–Kier alpha value is -2.46. The van der Waals surface area contributed by atoms with E-state index in [0.29, 0.717) is 41.8 Å². The molecule has 1 saturated heterocycles. The quantitative estimate of drug-likeness (QED) is 0.537. The van der Waals surface area contributed by atoms with Crippen molar-refractivity contribution in [2.45, 2.75) is 52.1 Å². The molecular weight excluding hydrogens is 372 g/mol. The van der Waals surface area contributed by atoms with E-state index in [1.165, 1.54) is 4.57 Å². The van der Waals surface area contributed by atoms with Gasteiger partial charge in [-0.1, -0.05) is 0 Å². The van der Waals surface area contributed by atoms with E-state index >= 15 is 0 Å². The highest BCUT2D eigenvalue weighted by Gasteiger charge is 2.28. The van der Waals surface area contributed by atoms with Gasteiger partial charge in [-0.05, 0) is 38.6 Å². The van der Waals surface area contributed by atoms with Gasteiger partial charge < -0.3 is 23.9 Å². The number of aromatic amines is 1. The number of H-pyrrole nitrogens is 1. The molecule has 9 nitrogen and oxygen atoms in total. The smallest absolute Gasteiger partial charge is 0.330 e. The van der Waals surface area contributed by atoms with Gasteiger partial charge in [0.05, 0.1) is 18.2 Å². The molecule has 2 aromatic rings. The number of ether oxygens (including phenoxy) is 2. The lowest BCUT2D eigenvalue weighted by Crippen LogP contribution is -2.34. The predicted molar refractivity (Wildman–Crippen MR) is 99.7 cm³/mol. The zero-order valence-corrected chi connectivity index (χ0v) is 16.0. The number of nitrogens with one attached hydrogen (secondary N) is 2. The molecule has 0 aromatic carbocycles. The van der Waals surface area contributed by atoms with Crippen molar-refractivity contribution in [2.75, 3.05) is 6.61 Å². The number of amides is 1. The van der Waals surface area contributed by atoms with Crippen LogP contribution in [0.5, 0.6) is 0 Å². The first-order valence-electron chi connectivity index (χ1n) is 8.76. The first-order chi connectivity index (χ1) is 12.9. The van der Waals surface area contributed by atoms with Crippen LogP contribution in [0.2, 0.25) is 0 Å². The second-order valence-electron chi connectivity index (χ2n) is 6.60. The Bertz CT molecular complexity index is 974. The standard InChI is InChI=1S/C17H22N4O5S/c1-10(2)25-8-7-21-12-5-6-20(14(12)15(23)19-17(21)27)9-26-16(24)11-3-4-13(22)18-11/h5-6,10-11H,3-4,7-9H2,1-2H3,(H,18,22)(H,19,23,27)/t11-/m0/s1. The SMILES string of the molecule is CC(C)OCCn1c(=S)[nH]c(=O)c2c1ccn2COC(=O)[C@@H]1CCC(=O)N1. The van der Waals surface area contributed by atoms with Crippen LogP contribution in [0.3, 0.4) is 0 Å². The van der Waals surface area contributed by atoms with Gasteiger partial charge in [0, 0.05) is 19.2 Å². The number of esters is 1. The maximum atomic E-state index is 12.4. The van der Waals surface area contributed by atoms with Gasteiger partial charge >= 0.3 is 5.97 Å². The molecule has 1 aliphatic heterocycles. The fraction of sp³-hybridized carbons (Fsp3) is 0.529. The largest absolute Gasteiger partial charge is 0.442 e. The first-order valence-corrected chi connectivity index (χ1v) is 9.17. The van der Waals surface area contributed by atoms with Gasteiger partial charge in [0.2, 0.25) is 5.91 Å². The molecule has 27 heavy (non-hydrogen) atoms. The van der Waals surface area contributed by atoms with Crippen LogP contribution >= 0.6 is 12.2 Å². The van der Waals surface area contributed by atoms with Crippen molar-refractivity contribution < 1.29 is 19.1 Å². The van der Waals surface area contributed by atoms with E-state index in [-0.39, 0.29) is 24.3 Å². The number of rotatable bonds is 7. The molecule has 0 spiro atoms. The fourth-order valence-electron chi connectivity index (χ4n) is 2.99. The Balaban J connectivity index is 1.79. The zero-order chi connectivity index (χ0) is 19.6. The second-order valence-corrected chi connectivity index (χ2v) is 6.99. The van der Waals surface area contributed by atoms with Crippen molar-refractivity contribution in [3.8, 4) is 0 Å². The van der Waals surface area contributed by atoms with Crippen molar-refractivity contribution in [1.29, 1.82) is 0 Å². The van der Waals surface area contributed by atoms with Crippen molar-refractivity contribution in [3.63, 3.8) is 0 Å². The molecule has 3 rings (SSSR count). The van der Waals surface area contributed by atoms with E-state index in [9.17, 15) is 14.4 Å². The summed E-state index contributed by atoms with van der Waals surface area (Å²) in [4.78, 5) is 38.3. The molecule has 3 heterocycles. The lowest BCUT2D eigenvalue weighted by Gasteiger charge is -2.13. The molecule has 1 aliphatic rings. The summed E-state index contributed by atoms with van der Waals surface area (Å²) in [5, 5.41) is 2.56. The second kappa shape index (κ2) is 8.05.